The van der Waals surface area contributed by atoms with Gasteiger partial charge >= 0.3 is 0 Å². The first-order valence-corrected chi connectivity index (χ1v) is 6.27. The zero-order valence-electron chi connectivity index (χ0n) is 11.3. The highest BCUT2D eigenvalue weighted by molar-refractivity contribution is 5.27. The Balaban J connectivity index is 2.03. The third-order valence-corrected chi connectivity index (χ3v) is 2.53. The first-order chi connectivity index (χ1) is 8.86. The summed E-state index contributed by atoms with van der Waals surface area (Å²) in [5.74, 6) is 0.869. The van der Waals surface area contributed by atoms with Gasteiger partial charge in [-0.05, 0) is 30.7 Å². The van der Waals surface area contributed by atoms with Crippen LogP contribution in [0.4, 0.5) is 0 Å². The second-order valence-electron chi connectivity index (χ2n) is 4.00. The molecule has 0 saturated carbocycles. The average Bonchev–Trinajstić information content (AvgIpc) is 2.42. The topological polar surface area (TPSA) is 39.7 Å². The zero-order chi connectivity index (χ0) is 13.1. The first-order valence-electron chi connectivity index (χ1n) is 6.27. The standard InChI is InChI=1S/C14H23NO3/c1-16-9-4-7-15-8-10-18-12-13-5-3-6-14(11-13)17-2/h3,5-6,11,15H,4,7-10,12H2,1-2H3. The van der Waals surface area contributed by atoms with E-state index in [0.717, 1.165) is 37.4 Å². The van der Waals surface area contributed by atoms with Gasteiger partial charge in [0, 0.05) is 20.3 Å². The van der Waals surface area contributed by atoms with E-state index in [1.807, 2.05) is 24.3 Å². The summed E-state index contributed by atoms with van der Waals surface area (Å²) in [5.41, 5.74) is 1.13. The van der Waals surface area contributed by atoms with E-state index in [4.69, 9.17) is 14.2 Å². The molecule has 0 atom stereocenters. The molecule has 1 rings (SSSR count). The molecule has 0 radical (unpaired) electrons. The van der Waals surface area contributed by atoms with E-state index in [-0.39, 0.29) is 0 Å². The van der Waals surface area contributed by atoms with Crippen LogP contribution in [0.2, 0.25) is 0 Å². The van der Waals surface area contributed by atoms with Gasteiger partial charge in [0.25, 0.3) is 0 Å². The van der Waals surface area contributed by atoms with Crippen molar-refractivity contribution in [1.29, 1.82) is 0 Å². The van der Waals surface area contributed by atoms with E-state index in [1.165, 1.54) is 0 Å². The number of nitrogens with one attached hydrogen (secondary N) is 1. The Morgan fingerprint density at radius 1 is 1.11 bits per heavy atom. The number of benzene rings is 1. The summed E-state index contributed by atoms with van der Waals surface area (Å²) in [5, 5.41) is 3.30. The Kier molecular flexibility index (Phi) is 8.21. The molecule has 0 aliphatic rings. The van der Waals surface area contributed by atoms with Gasteiger partial charge < -0.3 is 19.5 Å². The zero-order valence-corrected chi connectivity index (χ0v) is 11.3. The van der Waals surface area contributed by atoms with E-state index in [9.17, 15) is 0 Å². The van der Waals surface area contributed by atoms with Crippen molar-refractivity contribution >= 4 is 0 Å². The summed E-state index contributed by atoms with van der Waals surface area (Å²) in [7, 11) is 3.39. The van der Waals surface area contributed by atoms with Crippen LogP contribution < -0.4 is 10.1 Å². The second-order valence-corrected chi connectivity index (χ2v) is 4.00. The largest absolute Gasteiger partial charge is 0.497 e. The molecule has 1 aromatic rings. The van der Waals surface area contributed by atoms with Crippen LogP contribution in [0.1, 0.15) is 12.0 Å². The monoisotopic (exact) mass is 253 g/mol. The van der Waals surface area contributed by atoms with Crippen LogP contribution in [0.15, 0.2) is 24.3 Å². The summed E-state index contributed by atoms with van der Waals surface area (Å²) in [4.78, 5) is 0. The molecule has 0 spiro atoms. The highest BCUT2D eigenvalue weighted by Crippen LogP contribution is 2.12. The summed E-state index contributed by atoms with van der Waals surface area (Å²) < 4.78 is 15.7. The smallest absolute Gasteiger partial charge is 0.119 e. The van der Waals surface area contributed by atoms with Crippen LogP contribution >= 0.6 is 0 Å². The quantitative estimate of drug-likeness (QED) is 0.646. The van der Waals surface area contributed by atoms with Crippen LogP contribution in [0, 0.1) is 0 Å². The maximum atomic E-state index is 5.58. The fourth-order valence-corrected chi connectivity index (χ4v) is 1.56. The van der Waals surface area contributed by atoms with Crippen molar-refractivity contribution in [2.45, 2.75) is 13.0 Å². The lowest BCUT2D eigenvalue weighted by atomic mass is 10.2. The fraction of sp³-hybridized carbons (Fsp3) is 0.571. The van der Waals surface area contributed by atoms with Crippen molar-refractivity contribution in [3.63, 3.8) is 0 Å². The van der Waals surface area contributed by atoms with Crippen LogP contribution in [-0.4, -0.2) is 40.5 Å². The molecule has 0 unspecified atom stereocenters. The lowest BCUT2D eigenvalue weighted by Gasteiger charge is -2.07. The number of hydrogen-bond donors (Lipinski definition) is 1. The highest BCUT2D eigenvalue weighted by Gasteiger charge is 1.96. The molecule has 0 saturated heterocycles. The van der Waals surface area contributed by atoms with Crippen molar-refractivity contribution in [2.24, 2.45) is 0 Å². The van der Waals surface area contributed by atoms with E-state index in [0.29, 0.717) is 13.2 Å². The molecule has 0 fully saturated rings. The molecule has 1 N–H and O–H groups in total. The Hall–Kier alpha value is -1.10. The molecule has 0 aromatic heterocycles. The van der Waals surface area contributed by atoms with Gasteiger partial charge in [0.1, 0.15) is 5.75 Å². The number of rotatable bonds is 10. The van der Waals surface area contributed by atoms with Crippen molar-refractivity contribution in [3.05, 3.63) is 29.8 Å². The number of ether oxygens (including phenoxy) is 3. The Morgan fingerprint density at radius 2 is 2.00 bits per heavy atom. The molecule has 4 heteroatoms. The molecule has 0 bridgehead atoms. The Bertz CT molecular complexity index is 318. The molecule has 1 aromatic carbocycles. The second kappa shape index (κ2) is 9.88. The predicted octanol–water partition coefficient (Wildman–Crippen LogP) is 1.84. The number of methoxy groups -OCH3 is 2. The van der Waals surface area contributed by atoms with Gasteiger partial charge in [-0.2, -0.15) is 0 Å². The van der Waals surface area contributed by atoms with Crippen LogP contribution in [-0.2, 0) is 16.1 Å². The van der Waals surface area contributed by atoms with E-state index in [2.05, 4.69) is 5.32 Å². The highest BCUT2D eigenvalue weighted by atomic mass is 16.5. The molecule has 4 nitrogen and oxygen atoms in total. The maximum Gasteiger partial charge on any atom is 0.119 e. The minimum atomic E-state index is 0.622. The van der Waals surface area contributed by atoms with Crippen LogP contribution in [0.5, 0.6) is 5.75 Å². The van der Waals surface area contributed by atoms with Crippen molar-refractivity contribution in [2.75, 3.05) is 40.5 Å². The third-order valence-electron chi connectivity index (χ3n) is 2.53. The Labute approximate surface area is 109 Å². The molecule has 0 aliphatic carbocycles. The molecular weight excluding hydrogens is 230 g/mol. The lowest BCUT2D eigenvalue weighted by Crippen LogP contribution is -2.21. The minimum Gasteiger partial charge on any atom is -0.497 e. The molecule has 0 amide bonds. The third kappa shape index (κ3) is 6.59. The summed E-state index contributed by atoms with van der Waals surface area (Å²) in [6.07, 6.45) is 1.03. The summed E-state index contributed by atoms with van der Waals surface area (Å²) in [6, 6.07) is 7.93. The molecule has 102 valence electrons. The Morgan fingerprint density at radius 3 is 2.78 bits per heavy atom. The van der Waals surface area contributed by atoms with Gasteiger partial charge in [-0.1, -0.05) is 12.1 Å². The summed E-state index contributed by atoms with van der Waals surface area (Å²) in [6.45, 7) is 3.98. The van der Waals surface area contributed by atoms with E-state index < -0.39 is 0 Å². The predicted molar refractivity (Wildman–Crippen MR) is 72.0 cm³/mol. The van der Waals surface area contributed by atoms with Crippen molar-refractivity contribution in [1.82, 2.24) is 5.32 Å². The SMILES string of the molecule is COCCCNCCOCc1cccc(OC)c1. The van der Waals surface area contributed by atoms with Crippen molar-refractivity contribution < 1.29 is 14.2 Å². The van der Waals surface area contributed by atoms with Crippen LogP contribution in [0.25, 0.3) is 0 Å². The molecular formula is C14H23NO3. The fourth-order valence-electron chi connectivity index (χ4n) is 1.56. The van der Waals surface area contributed by atoms with E-state index >= 15 is 0 Å². The molecule has 0 aliphatic heterocycles. The van der Waals surface area contributed by atoms with E-state index in [1.54, 1.807) is 14.2 Å². The normalized spacial score (nSPS) is 10.6. The minimum absolute atomic E-state index is 0.622. The van der Waals surface area contributed by atoms with Gasteiger partial charge in [0.05, 0.1) is 20.3 Å². The van der Waals surface area contributed by atoms with Gasteiger partial charge in [0.2, 0.25) is 0 Å². The molecule has 0 heterocycles. The van der Waals surface area contributed by atoms with Gasteiger partial charge in [-0.15, -0.1) is 0 Å². The lowest BCUT2D eigenvalue weighted by molar-refractivity contribution is 0.121. The number of hydrogen-bond acceptors (Lipinski definition) is 4. The maximum absolute atomic E-state index is 5.58. The van der Waals surface area contributed by atoms with Gasteiger partial charge in [-0.25, -0.2) is 0 Å². The van der Waals surface area contributed by atoms with Crippen molar-refractivity contribution in [3.8, 4) is 5.75 Å². The van der Waals surface area contributed by atoms with Gasteiger partial charge in [0.15, 0.2) is 0 Å². The molecule has 18 heavy (non-hydrogen) atoms. The summed E-state index contributed by atoms with van der Waals surface area (Å²) >= 11 is 0. The van der Waals surface area contributed by atoms with Crippen LogP contribution in [0.3, 0.4) is 0 Å². The first kappa shape index (κ1) is 15.0. The average molecular weight is 253 g/mol. The van der Waals surface area contributed by atoms with Gasteiger partial charge in [-0.3, -0.25) is 0 Å².